The van der Waals surface area contributed by atoms with Crippen LogP contribution in [0.4, 0.5) is 5.69 Å². The lowest BCUT2D eigenvalue weighted by Crippen LogP contribution is -2.07. The summed E-state index contributed by atoms with van der Waals surface area (Å²) in [4.78, 5) is 30.8. The Morgan fingerprint density at radius 1 is 1.07 bits per heavy atom. The second kappa shape index (κ2) is 12.7. The highest BCUT2D eigenvalue weighted by molar-refractivity contribution is 9.10. The van der Waals surface area contributed by atoms with Crippen molar-refractivity contribution in [3.8, 4) is 34.6 Å². The summed E-state index contributed by atoms with van der Waals surface area (Å²) in [5.74, 6) is 0.620. The lowest BCUT2D eigenvalue weighted by molar-refractivity contribution is 0.103. The van der Waals surface area contributed by atoms with Crippen LogP contribution in [0.2, 0.25) is 5.02 Å². The van der Waals surface area contributed by atoms with E-state index in [2.05, 4.69) is 32.3 Å². The number of rotatable bonds is 9. The lowest BCUT2D eigenvalue weighted by atomic mass is 10.0. The van der Waals surface area contributed by atoms with Gasteiger partial charge in [-0.1, -0.05) is 27.5 Å². The summed E-state index contributed by atoms with van der Waals surface area (Å²) in [6, 6.07) is 17.0. The third kappa shape index (κ3) is 6.12. The standard InChI is InChI=1S/C31H21BrClN3O6S/c1-39-26-10-17(11-27(40-2)29(26)41-3)28(37)21-12-20(33)5-6-23(21)35-14-18(13-34)30-36-24(15-43-30)22-9-16-8-19(32)4-7-25(16)42-31(22)38/h4-12,14-15,35H,1-3H3. The van der Waals surface area contributed by atoms with Crippen LogP contribution in [0, 0.1) is 11.3 Å². The molecular formula is C31H21BrClN3O6S. The van der Waals surface area contributed by atoms with Gasteiger partial charge in [-0.15, -0.1) is 11.3 Å². The Bertz CT molecular complexity index is 1990. The SMILES string of the molecule is COc1cc(C(=O)c2cc(Cl)ccc2NC=C(C#N)c2nc(-c3cc4cc(Br)ccc4oc3=O)cs2)cc(OC)c1OC. The van der Waals surface area contributed by atoms with Gasteiger partial charge in [0.05, 0.1) is 32.6 Å². The highest BCUT2D eigenvalue weighted by atomic mass is 79.9. The van der Waals surface area contributed by atoms with Gasteiger partial charge in [0.2, 0.25) is 5.75 Å². The first-order chi connectivity index (χ1) is 20.8. The molecule has 0 fully saturated rings. The molecule has 0 saturated carbocycles. The molecule has 1 N–H and O–H groups in total. The molecule has 5 aromatic rings. The van der Waals surface area contributed by atoms with Crippen molar-refractivity contribution in [3.63, 3.8) is 0 Å². The predicted molar refractivity (Wildman–Crippen MR) is 169 cm³/mol. The summed E-state index contributed by atoms with van der Waals surface area (Å²) in [5, 5.41) is 16.1. The molecule has 5 rings (SSSR count). The maximum absolute atomic E-state index is 13.7. The molecule has 12 heteroatoms. The smallest absolute Gasteiger partial charge is 0.345 e. The van der Waals surface area contributed by atoms with E-state index in [-0.39, 0.29) is 28.0 Å². The summed E-state index contributed by atoms with van der Waals surface area (Å²) < 4.78 is 22.4. The molecule has 0 atom stereocenters. The van der Waals surface area contributed by atoms with E-state index in [0.717, 1.165) is 9.86 Å². The molecule has 43 heavy (non-hydrogen) atoms. The number of aromatic nitrogens is 1. The summed E-state index contributed by atoms with van der Waals surface area (Å²) in [6.45, 7) is 0. The van der Waals surface area contributed by atoms with Gasteiger partial charge in [-0.05, 0) is 54.6 Å². The molecule has 0 spiro atoms. The first kappa shape index (κ1) is 29.8. The van der Waals surface area contributed by atoms with Gasteiger partial charge in [-0.3, -0.25) is 4.79 Å². The predicted octanol–water partition coefficient (Wildman–Crippen LogP) is 7.57. The number of halogens is 2. The molecule has 0 unspecified atom stereocenters. The Balaban J connectivity index is 1.47. The fourth-order valence-electron chi connectivity index (χ4n) is 4.28. The number of allylic oxidation sites excluding steroid dienone is 1. The Morgan fingerprint density at radius 2 is 1.81 bits per heavy atom. The molecule has 0 saturated heterocycles. The van der Waals surface area contributed by atoms with Gasteiger partial charge in [-0.25, -0.2) is 9.78 Å². The lowest BCUT2D eigenvalue weighted by Gasteiger charge is -2.15. The van der Waals surface area contributed by atoms with Crippen molar-refractivity contribution in [2.45, 2.75) is 0 Å². The number of nitrogens with one attached hydrogen (secondary N) is 1. The van der Waals surface area contributed by atoms with E-state index in [1.807, 2.05) is 6.07 Å². The first-order valence-electron chi connectivity index (χ1n) is 12.5. The Labute approximate surface area is 263 Å². The van der Waals surface area contributed by atoms with Crippen molar-refractivity contribution in [2.24, 2.45) is 0 Å². The molecule has 216 valence electrons. The monoisotopic (exact) mass is 677 g/mol. The molecule has 2 aromatic heterocycles. The van der Waals surface area contributed by atoms with Gasteiger partial charge < -0.3 is 23.9 Å². The average Bonchev–Trinajstić information content (AvgIpc) is 3.50. The molecule has 0 radical (unpaired) electrons. The van der Waals surface area contributed by atoms with Crippen molar-refractivity contribution in [3.05, 3.63) is 102 Å². The van der Waals surface area contributed by atoms with Crippen LogP contribution in [-0.2, 0) is 0 Å². The average molecular weight is 679 g/mol. The molecular weight excluding hydrogens is 658 g/mol. The topological polar surface area (TPSA) is 124 Å². The zero-order valence-corrected chi connectivity index (χ0v) is 26.0. The van der Waals surface area contributed by atoms with Crippen molar-refractivity contribution >= 4 is 66.9 Å². The Hall–Kier alpha value is -4.63. The van der Waals surface area contributed by atoms with E-state index in [0.29, 0.717) is 44.2 Å². The zero-order valence-electron chi connectivity index (χ0n) is 22.9. The van der Waals surface area contributed by atoms with Gasteiger partial charge in [-0.2, -0.15) is 5.26 Å². The van der Waals surface area contributed by atoms with E-state index in [1.54, 1.807) is 47.8 Å². The normalized spacial score (nSPS) is 11.2. The van der Waals surface area contributed by atoms with Crippen molar-refractivity contribution < 1.29 is 23.4 Å². The molecule has 0 aliphatic carbocycles. The maximum atomic E-state index is 13.7. The second-order valence-corrected chi connectivity index (χ2v) is 11.1. The first-order valence-corrected chi connectivity index (χ1v) is 14.5. The third-order valence-corrected chi connectivity index (χ3v) is 7.95. The number of anilines is 1. The van der Waals surface area contributed by atoms with Crippen LogP contribution in [0.1, 0.15) is 20.9 Å². The number of hydrogen-bond acceptors (Lipinski definition) is 10. The van der Waals surface area contributed by atoms with Gasteiger partial charge in [0.1, 0.15) is 22.2 Å². The number of methoxy groups -OCH3 is 3. The van der Waals surface area contributed by atoms with Crippen molar-refractivity contribution in [1.82, 2.24) is 4.98 Å². The molecule has 0 bridgehead atoms. The third-order valence-electron chi connectivity index (χ3n) is 6.35. The van der Waals surface area contributed by atoms with Crippen LogP contribution < -0.4 is 25.2 Å². The number of benzene rings is 3. The summed E-state index contributed by atoms with van der Waals surface area (Å²) in [5.41, 5.74) is 1.66. The Kier molecular flexibility index (Phi) is 8.82. The number of ether oxygens (including phenoxy) is 3. The molecule has 0 aliphatic rings. The number of thiazole rings is 1. The van der Waals surface area contributed by atoms with Crippen molar-refractivity contribution in [1.29, 1.82) is 5.26 Å². The number of carbonyl (C=O) groups excluding carboxylic acids is 1. The number of nitrogens with zero attached hydrogens (tertiary/aromatic N) is 2. The minimum Gasteiger partial charge on any atom is -0.493 e. The molecule has 3 aromatic carbocycles. The van der Waals surface area contributed by atoms with E-state index in [4.69, 9.17) is 30.2 Å². The van der Waals surface area contributed by atoms with Crippen LogP contribution in [0.3, 0.4) is 0 Å². The fourth-order valence-corrected chi connectivity index (χ4v) is 5.62. The van der Waals surface area contributed by atoms with Crippen LogP contribution in [0.5, 0.6) is 17.2 Å². The highest BCUT2D eigenvalue weighted by Gasteiger charge is 2.21. The van der Waals surface area contributed by atoms with Crippen LogP contribution >= 0.6 is 38.9 Å². The quantitative estimate of drug-likeness (QED) is 0.0955. The molecule has 0 aliphatic heterocycles. The highest BCUT2D eigenvalue weighted by Crippen LogP contribution is 2.39. The molecule has 0 amide bonds. The van der Waals surface area contributed by atoms with Gasteiger partial charge in [0.15, 0.2) is 17.3 Å². The molecule has 2 heterocycles. The minimum absolute atomic E-state index is 0.185. The maximum Gasteiger partial charge on any atom is 0.345 e. The minimum atomic E-state index is -0.539. The summed E-state index contributed by atoms with van der Waals surface area (Å²) in [6.07, 6.45) is 1.44. The number of fused-ring (bicyclic) bond motifs is 1. The number of ketones is 1. The largest absolute Gasteiger partial charge is 0.493 e. The summed E-state index contributed by atoms with van der Waals surface area (Å²) >= 11 is 10.9. The van der Waals surface area contributed by atoms with Crippen LogP contribution in [-0.4, -0.2) is 32.1 Å². The number of nitriles is 1. The molecule has 9 nitrogen and oxygen atoms in total. The van der Waals surface area contributed by atoms with Gasteiger partial charge in [0.25, 0.3) is 0 Å². The van der Waals surface area contributed by atoms with Gasteiger partial charge in [0, 0.05) is 43.3 Å². The van der Waals surface area contributed by atoms with E-state index in [9.17, 15) is 14.9 Å². The zero-order chi connectivity index (χ0) is 30.7. The number of hydrogen-bond donors (Lipinski definition) is 1. The van der Waals surface area contributed by atoms with Crippen LogP contribution in [0.15, 0.2) is 79.9 Å². The van der Waals surface area contributed by atoms with Gasteiger partial charge >= 0.3 is 5.63 Å². The Morgan fingerprint density at radius 3 is 2.49 bits per heavy atom. The van der Waals surface area contributed by atoms with E-state index >= 15 is 0 Å². The second-order valence-electron chi connectivity index (χ2n) is 8.91. The van der Waals surface area contributed by atoms with E-state index in [1.165, 1.54) is 44.9 Å². The van der Waals surface area contributed by atoms with Crippen molar-refractivity contribution in [2.75, 3.05) is 26.6 Å². The summed E-state index contributed by atoms with van der Waals surface area (Å²) in [7, 11) is 4.39. The fraction of sp³-hybridized carbons (Fsp3) is 0.0968. The van der Waals surface area contributed by atoms with Crippen LogP contribution in [0.25, 0.3) is 27.8 Å². The number of carbonyl (C=O) groups is 1. The van der Waals surface area contributed by atoms with E-state index < -0.39 is 5.63 Å².